The number of methoxy groups -OCH3 is 1. The number of fused-ring (bicyclic) bond motifs is 3. The van der Waals surface area contributed by atoms with E-state index in [1.807, 2.05) is 42.5 Å². The van der Waals surface area contributed by atoms with Crippen LogP contribution in [0.2, 0.25) is 0 Å². The van der Waals surface area contributed by atoms with E-state index >= 15 is 0 Å². The van der Waals surface area contributed by atoms with Crippen LogP contribution in [0.1, 0.15) is 32.2 Å². The Labute approximate surface area is 186 Å². The zero-order valence-electron chi connectivity index (χ0n) is 17.7. The number of hydrogen-bond donors (Lipinski definition) is 1. The highest BCUT2D eigenvalue weighted by molar-refractivity contribution is 6.07. The van der Waals surface area contributed by atoms with Crippen molar-refractivity contribution in [3.8, 4) is 5.75 Å². The largest absolute Gasteiger partial charge is 0.497 e. The quantitative estimate of drug-likeness (QED) is 0.692. The molecule has 0 spiro atoms. The molecule has 0 aliphatic carbocycles. The maximum atomic E-state index is 13.5. The molecule has 2 amide bonds. The van der Waals surface area contributed by atoms with Crippen molar-refractivity contribution >= 4 is 17.5 Å². The topological polar surface area (TPSA) is 70.1 Å². The summed E-state index contributed by atoms with van der Waals surface area (Å²) in [7, 11) is 1.57. The van der Waals surface area contributed by atoms with Crippen molar-refractivity contribution in [3.05, 3.63) is 95.6 Å². The first kappa shape index (κ1) is 20.3. The smallest absolute Gasteiger partial charge is 0.258 e. The van der Waals surface area contributed by atoms with Crippen LogP contribution in [0.5, 0.6) is 5.75 Å². The number of amides is 2. The van der Waals surface area contributed by atoms with E-state index in [0.717, 1.165) is 11.3 Å². The molecule has 3 aromatic carbocycles. The number of para-hydroxylation sites is 1. The van der Waals surface area contributed by atoms with Crippen molar-refractivity contribution < 1.29 is 19.4 Å². The zero-order valence-corrected chi connectivity index (χ0v) is 17.7. The fourth-order valence-electron chi connectivity index (χ4n) is 5.00. The second kappa shape index (κ2) is 8.13. The molecule has 5 rings (SSSR count). The molecule has 3 atom stereocenters. The zero-order chi connectivity index (χ0) is 22.2. The van der Waals surface area contributed by atoms with E-state index in [2.05, 4.69) is 0 Å². The summed E-state index contributed by atoms with van der Waals surface area (Å²) < 4.78 is 5.29. The van der Waals surface area contributed by atoms with E-state index in [-0.39, 0.29) is 36.4 Å². The molecule has 0 radical (unpaired) electrons. The normalized spacial score (nSPS) is 21.2. The third-order valence-electron chi connectivity index (χ3n) is 6.50. The summed E-state index contributed by atoms with van der Waals surface area (Å²) in [6.45, 7) is 0.241. The van der Waals surface area contributed by atoms with Gasteiger partial charge in [0.2, 0.25) is 0 Å². The molecule has 2 heterocycles. The number of rotatable bonds is 4. The monoisotopic (exact) mass is 428 g/mol. The molecule has 2 aliphatic heterocycles. The van der Waals surface area contributed by atoms with Gasteiger partial charge in [-0.2, -0.15) is 0 Å². The lowest BCUT2D eigenvalue weighted by Gasteiger charge is -2.58. The van der Waals surface area contributed by atoms with Gasteiger partial charge < -0.3 is 19.6 Å². The third kappa shape index (κ3) is 3.15. The van der Waals surface area contributed by atoms with Crippen molar-refractivity contribution in [2.24, 2.45) is 0 Å². The van der Waals surface area contributed by atoms with Gasteiger partial charge in [0.05, 0.1) is 25.8 Å². The molecule has 2 aliphatic rings. The van der Waals surface area contributed by atoms with Crippen LogP contribution in [-0.4, -0.2) is 54.2 Å². The summed E-state index contributed by atoms with van der Waals surface area (Å²) >= 11 is 0. The number of carbonyl (C=O) groups is 2. The van der Waals surface area contributed by atoms with Crippen molar-refractivity contribution in [3.63, 3.8) is 0 Å². The predicted octanol–water partition coefficient (Wildman–Crippen LogP) is 3.32. The van der Waals surface area contributed by atoms with Gasteiger partial charge in [-0.15, -0.1) is 0 Å². The highest BCUT2D eigenvalue weighted by Crippen LogP contribution is 2.48. The van der Waals surface area contributed by atoms with Gasteiger partial charge in [0, 0.05) is 29.3 Å². The number of likely N-dealkylation sites (tertiary alicyclic amines) is 1. The minimum Gasteiger partial charge on any atom is -0.497 e. The Morgan fingerprint density at radius 3 is 2.41 bits per heavy atom. The molecule has 6 heteroatoms. The second-order valence-electron chi connectivity index (χ2n) is 8.13. The Morgan fingerprint density at radius 2 is 1.66 bits per heavy atom. The second-order valence-corrected chi connectivity index (χ2v) is 8.13. The van der Waals surface area contributed by atoms with Crippen molar-refractivity contribution in [1.29, 1.82) is 0 Å². The molecule has 0 unspecified atom stereocenters. The third-order valence-corrected chi connectivity index (χ3v) is 6.50. The standard InChI is InChI=1S/C26H24N2O4/c1-32-19-11-7-10-18(14-19)25(30)27-15-22-24(20-12-5-6-13-21(20)27)23(16-29)28(22)26(31)17-8-3-2-4-9-17/h2-14,22-24,29H,15-16H2,1H3/t22-,23+,24+/m1/s1. The van der Waals surface area contributed by atoms with E-state index in [1.54, 1.807) is 53.3 Å². The first-order chi connectivity index (χ1) is 15.6. The maximum Gasteiger partial charge on any atom is 0.258 e. The number of aliphatic hydroxyl groups is 1. The van der Waals surface area contributed by atoms with Gasteiger partial charge in [-0.25, -0.2) is 0 Å². The summed E-state index contributed by atoms with van der Waals surface area (Å²) in [6.07, 6.45) is 0. The van der Waals surface area contributed by atoms with Gasteiger partial charge in [-0.3, -0.25) is 9.59 Å². The molecular formula is C26H24N2O4. The van der Waals surface area contributed by atoms with Crippen LogP contribution in [0, 0.1) is 0 Å². The van der Waals surface area contributed by atoms with E-state index in [0.29, 0.717) is 23.4 Å². The molecule has 3 aromatic rings. The lowest BCUT2D eigenvalue weighted by atomic mass is 9.71. The number of hydrogen-bond acceptors (Lipinski definition) is 4. The summed E-state index contributed by atoms with van der Waals surface area (Å²) in [6, 6.07) is 23.4. The Hall–Kier alpha value is -3.64. The molecular weight excluding hydrogens is 404 g/mol. The predicted molar refractivity (Wildman–Crippen MR) is 121 cm³/mol. The van der Waals surface area contributed by atoms with Gasteiger partial charge in [-0.05, 0) is 42.0 Å². The molecule has 1 N–H and O–H groups in total. The molecule has 0 aromatic heterocycles. The first-order valence-electron chi connectivity index (χ1n) is 10.7. The minimum absolute atomic E-state index is 0.0155. The average Bonchev–Trinajstić information content (AvgIpc) is 2.84. The summed E-state index contributed by atoms with van der Waals surface area (Å²) in [4.78, 5) is 30.3. The Bertz CT molecular complexity index is 1160. The van der Waals surface area contributed by atoms with Crippen molar-refractivity contribution in [1.82, 2.24) is 4.90 Å². The lowest BCUT2D eigenvalue weighted by Crippen LogP contribution is -2.70. The van der Waals surface area contributed by atoms with Crippen molar-refractivity contribution in [2.45, 2.75) is 18.0 Å². The lowest BCUT2D eigenvalue weighted by molar-refractivity contribution is -0.0246. The van der Waals surface area contributed by atoms with Gasteiger partial charge in [0.1, 0.15) is 5.75 Å². The minimum atomic E-state index is -0.317. The number of benzene rings is 3. The van der Waals surface area contributed by atoms with Crippen LogP contribution in [0.3, 0.4) is 0 Å². The Balaban J connectivity index is 1.53. The SMILES string of the molecule is COc1cccc(C(=O)N2C[C@@H]3[C@H](c4ccccc42)[C@H](CO)N3C(=O)c2ccccc2)c1. The highest BCUT2D eigenvalue weighted by atomic mass is 16.5. The molecule has 32 heavy (non-hydrogen) atoms. The number of aliphatic hydroxyl groups excluding tert-OH is 1. The van der Waals surface area contributed by atoms with Crippen LogP contribution < -0.4 is 9.64 Å². The molecule has 1 saturated heterocycles. The summed E-state index contributed by atoms with van der Waals surface area (Å²) in [5.74, 6) is 0.329. The molecule has 0 bridgehead atoms. The fourth-order valence-corrected chi connectivity index (χ4v) is 5.00. The van der Waals surface area contributed by atoms with E-state index in [9.17, 15) is 14.7 Å². The highest BCUT2D eigenvalue weighted by Gasteiger charge is 2.55. The van der Waals surface area contributed by atoms with E-state index in [1.165, 1.54) is 0 Å². The van der Waals surface area contributed by atoms with Crippen LogP contribution >= 0.6 is 0 Å². The van der Waals surface area contributed by atoms with Gasteiger partial charge in [-0.1, -0.05) is 42.5 Å². The number of ether oxygens (including phenoxy) is 1. The number of anilines is 1. The van der Waals surface area contributed by atoms with Crippen LogP contribution in [0.15, 0.2) is 78.9 Å². The Morgan fingerprint density at radius 1 is 0.938 bits per heavy atom. The molecule has 1 fully saturated rings. The molecule has 162 valence electrons. The first-order valence-corrected chi connectivity index (χ1v) is 10.7. The van der Waals surface area contributed by atoms with Crippen LogP contribution in [0.4, 0.5) is 5.69 Å². The molecule has 6 nitrogen and oxygen atoms in total. The number of carbonyl (C=O) groups excluding carboxylic acids is 2. The van der Waals surface area contributed by atoms with E-state index < -0.39 is 0 Å². The van der Waals surface area contributed by atoms with Crippen LogP contribution in [-0.2, 0) is 0 Å². The van der Waals surface area contributed by atoms with Crippen molar-refractivity contribution in [2.75, 3.05) is 25.2 Å². The summed E-state index contributed by atoms with van der Waals surface area (Å²) in [5, 5.41) is 10.1. The molecule has 0 saturated carbocycles. The van der Waals surface area contributed by atoms with Gasteiger partial charge in [0.15, 0.2) is 0 Å². The summed E-state index contributed by atoms with van der Waals surface area (Å²) in [5.41, 5.74) is 2.91. The van der Waals surface area contributed by atoms with Gasteiger partial charge >= 0.3 is 0 Å². The maximum absolute atomic E-state index is 13.5. The Kier molecular flexibility index (Phi) is 5.15. The van der Waals surface area contributed by atoms with Gasteiger partial charge in [0.25, 0.3) is 11.8 Å². The average molecular weight is 428 g/mol. The van der Waals surface area contributed by atoms with Crippen LogP contribution in [0.25, 0.3) is 0 Å². The van der Waals surface area contributed by atoms with E-state index in [4.69, 9.17) is 4.74 Å². The fraction of sp³-hybridized carbons (Fsp3) is 0.231. The number of nitrogens with zero attached hydrogens (tertiary/aromatic N) is 2.